The molecule has 0 spiro atoms. The molecule has 3 amide bonds. The molecule has 9 nitrogen and oxygen atoms in total. The van der Waals surface area contributed by atoms with Crippen LogP contribution in [0.4, 0.5) is 4.79 Å². The van der Waals surface area contributed by atoms with Crippen LogP contribution in [-0.4, -0.2) is 65.4 Å². The van der Waals surface area contributed by atoms with E-state index < -0.39 is 41.6 Å². The van der Waals surface area contributed by atoms with Gasteiger partial charge in [0, 0.05) is 18.3 Å². The first kappa shape index (κ1) is 33.3. The number of carbonyl (C=O) groups is 4. The van der Waals surface area contributed by atoms with Crippen molar-refractivity contribution in [2.75, 3.05) is 18.9 Å². The Morgan fingerprint density at radius 2 is 1.66 bits per heavy atom. The molecule has 0 fully saturated rings. The average molecular weight is 552 g/mol. The Hall–Kier alpha value is -2.75. The Kier molecular flexibility index (Phi) is 14.2. The zero-order valence-electron chi connectivity index (χ0n) is 23.8. The zero-order valence-corrected chi connectivity index (χ0v) is 24.7. The molecular formula is C28H45N3O6S. The van der Waals surface area contributed by atoms with Crippen LogP contribution in [-0.2, 0) is 23.9 Å². The molecule has 38 heavy (non-hydrogen) atoms. The molecule has 1 aromatic rings. The normalized spacial score (nSPS) is 13.7. The van der Waals surface area contributed by atoms with E-state index in [9.17, 15) is 19.2 Å². The minimum atomic E-state index is -1.02. The number of hydrogen-bond donors (Lipinski definition) is 3. The number of benzene rings is 1. The van der Waals surface area contributed by atoms with Crippen LogP contribution in [0.2, 0.25) is 0 Å². The van der Waals surface area contributed by atoms with Crippen molar-refractivity contribution in [3.05, 3.63) is 35.9 Å². The number of nitrogens with one attached hydrogen (secondary N) is 2. The number of ether oxygens (including phenoxy) is 2. The van der Waals surface area contributed by atoms with Gasteiger partial charge in [0.1, 0.15) is 17.7 Å². The van der Waals surface area contributed by atoms with Crippen molar-refractivity contribution in [3.8, 4) is 0 Å². The predicted octanol–water partition coefficient (Wildman–Crippen LogP) is 4.27. The quantitative estimate of drug-likeness (QED) is 0.235. The summed E-state index contributed by atoms with van der Waals surface area (Å²) in [6.07, 6.45) is 0.753. The summed E-state index contributed by atoms with van der Waals surface area (Å²) in [6, 6.07) is 6.63. The minimum Gasteiger partial charge on any atom is -0.466 e. The first-order chi connectivity index (χ1) is 17.8. The third kappa shape index (κ3) is 11.8. The highest BCUT2D eigenvalue weighted by Crippen LogP contribution is 2.27. The van der Waals surface area contributed by atoms with Gasteiger partial charge in [-0.2, -0.15) is 12.6 Å². The fraction of sp³-hybridized carbons (Fsp3) is 0.643. The van der Waals surface area contributed by atoms with Gasteiger partial charge in [0.05, 0.1) is 13.0 Å². The van der Waals surface area contributed by atoms with Gasteiger partial charge in [0.2, 0.25) is 11.8 Å². The second kappa shape index (κ2) is 16.3. The lowest BCUT2D eigenvalue weighted by Crippen LogP contribution is -2.56. The highest BCUT2D eigenvalue weighted by atomic mass is 32.1. The fourth-order valence-corrected chi connectivity index (χ4v) is 4.07. The molecule has 214 valence electrons. The molecule has 2 N–H and O–H groups in total. The van der Waals surface area contributed by atoms with Crippen LogP contribution in [0.25, 0.3) is 0 Å². The lowest BCUT2D eigenvalue weighted by Gasteiger charge is -2.38. The van der Waals surface area contributed by atoms with Crippen LogP contribution in [0.15, 0.2) is 30.3 Å². The van der Waals surface area contributed by atoms with Crippen molar-refractivity contribution in [1.29, 1.82) is 0 Å². The first-order valence-electron chi connectivity index (χ1n) is 13.2. The number of esters is 1. The van der Waals surface area contributed by atoms with Crippen LogP contribution >= 0.6 is 12.6 Å². The van der Waals surface area contributed by atoms with Crippen molar-refractivity contribution >= 4 is 36.5 Å². The van der Waals surface area contributed by atoms with Gasteiger partial charge in [-0.3, -0.25) is 14.4 Å². The van der Waals surface area contributed by atoms with Gasteiger partial charge < -0.3 is 25.0 Å². The summed E-state index contributed by atoms with van der Waals surface area (Å²) in [6.45, 7) is 13.3. The molecule has 0 saturated heterocycles. The first-order valence-corrected chi connectivity index (χ1v) is 13.8. The van der Waals surface area contributed by atoms with Gasteiger partial charge in [0.15, 0.2) is 0 Å². The smallest absolute Gasteiger partial charge is 0.408 e. The van der Waals surface area contributed by atoms with Crippen molar-refractivity contribution < 1.29 is 28.7 Å². The van der Waals surface area contributed by atoms with Crippen molar-refractivity contribution in [2.45, 2.75) is 91.5 Å². The molecule has 10 heteroatoms. The van der Waals surface area contributed by atoms with Gasteiger partial charge in [-0.25, -0.2) is 4.79 Å². The summed E-state index contributed by atoms with van der Waals surface area (Å²) in [5.41, 5.74) is -0.134. The fourth-order valence-electron chi connectivity index (χ4n) is 3.82. The number of rotatable bonds is 14. The van der Waals surface area contributed by atoms with Gasteiger partial charge >= 0.3 is 12.1 Å². The monoisotopic (exact) mass is 551 g/mol. The molecule has 3 atom stereocenters. The lowest BCUT2D eigenvalue weighted by atomic mass is 9.97. The van der Waals surface area contributed by atoms with E-state index in [0.29, 0.717) is 17.9 Å². The summed E-state index contributed by atoms with van der Waals surface area (Å²) >= 11 is 4.33. The maximum absolute atomic E-state index is 14.0. The van der Waals surface area contributed by atoms with E-state index in [1.54, 1.807) is 52.0 Å². The van der Waals surface area contributed by atoms with Gasteiger partial charge in [-0.15, -0.1) is 0 Å². The molecule has 0 heterocycles. The molecule has 0 aliphatic rings. The van der Waals surface area contributed by atoms with Crippen molar-refractivity contribution in [3.63, 3.8) is 0 Å². The van der Waals surface area contributed by atoms with Crippen LogP contribution in [0.5, 0.6) is 0 Å². The summed E-state index contributed by atoms with van der Waals surface area (Å²) in [4.78, 5) is 53.4. The standard InChI is InChI=1S/C28H45N3O6S/c1-8-36-23(32)16-17-29-25(33)24(21-12-10-9-11-13-21)31(20(4)15-14-19(2)3)26(34)22(18-38)30-27(35)37-28(5,6)7/h9-13,19-20,22,24,38H,8,14-18H2,1-7H3,(H,29,33)(H,30,35). The molecule has 3 unspecified atom stereocenters. The topological polar surface area (TPSA) is 114 Å². The summed E-state index contributed by atoms with van der Waals surface area (Å²) < 4.78 is 10.3. The SMILES string of the molecule is CCOC(=O)CCNC(=O)C(c1ccccc1)N(C(=O)C(CS)NC(=O)OC(C)(C)C)C(C)CCC(C)C. The Bertz CT molecular complexity index is 904. The highest BCUT2D eigenvalue weighted by molar-refractivity contribution is 7.80. The van der Waals surface area contributed by atoms with Crippen LogP contribution in [0, 0.1) is 5.92 Å². The number of amides is 3. The van der Waals surface area contributed by atoms with Crippen LogP contribution < -0.4 is 10.6 Å². The number of nitrogens with zero attached hydrogens (tertiary/aromatic N) is 1. The van der Waals surface area contributed by atoms with E-state index in [2.05, 4.69) is 37.1 Å². The van der Waals surface area contributed by atoms with Gasteiger partial charge in [-0.1, -0.05) is 44.2 Å². The van der Waals surface area contributed by atoms with Gasteiger partial charge in [-0.05, 0) is 58.9 Å². The van der Waals surface area contributed by atoms with Crippen molar-refractivity contribution in [2.24, 2.45) is 5.92 Å². The highest BCUT2D eigenvalue weighted by Gasteiger charge is 2.38. The van der Waals surface area contributed by atoms with E-state index in [1.807, 2.05) is 13.0 Å². The number of carbonyl (C=O) groups excluding carboxylic acids is 4. The second-order valence-corrected chi connectivity index (χ2v) is 11.0. The Morgan fingerprint density at radius 3 is 2.18 bits per heavy atom. The average Bonchev–Trinajstić information content (AvgIpc) is 2.83. The molecule has 0 aliphatic carbocycles. The number of hydrogen-bond acceptors (Lipinski definition) is 7. The molecule has 1 aromatic carbocycles. The number of thiol groups is 1. The predicted molar refractivity (Wildman–Crippen MR) is 151 cm³/mol. The molecule has 0 bridgehead atoms. The van der Waals surface area contributed by atoms with E-state index >= 15 is 0 Å². The zero-order chi connectivity index (χ0) is 28.9. The molecule has 1 rings (SSSR count). The Morgan fingerprint density at radius 1 is 1.03 bits per heavy atom. The summed E-state index contributed by atoms with van der Waals surface area (Å²) in [5.74, 6) is -0.892. The third-order valence-electron chi connectivity index (χ3n) is 5.64. The van der Waals surface area contributed by atoms with E-state index in [-0.39, 0.29) is 31.4 Å². The Balaban J connectivity index is 3.38. The molecule has 0 aromatic heterocycles. The maximum atomic E-state index is 14.0. The number of alkyl carbamates (subject to hydrolysis) is 1. The molecular weight excluding hydrogens is 506 g/mol. The third-order valence-corrected chi connectivity index (χ3v) is 6.00. The molecule has 0 aliphatic heterocycles. The van der Waals surface area contributed by atoms with Crippen molar-refractivity contribution in [1.82, 2.24) is 15.5 Å². The molecule has 0 saturated carbocycles. The largest absolute Gasteiger partial charge is 0.466 e. The van der Waals surface area contributed by atoms with Gasteiger partial charge in [0.25, 0.3) is 0 Å². The van der Waals surface area contributed by atoms with Crippen LogP contribution in [0.1, 0.15) is 79.3 Å². The second-order valence-electron chi connectivity index (χ2n) is 10.6. The minimum absolute atomic E-state index is 0.0113. The van der Waals surface area contributed by atoms with E-state index in [0.717, 1.165) is 6.42 Å². The molecule has 0 radical (unpaired) electrons. The van der Waals surface area contributed by atoms with E-state index in [1.165, 1.54) is 4.90 Å². The maximum Gasteiger partial charge on any atom is 0.408 e. The summed E-state index contributed by atoms with van der Waals surface area (Å²) in [5, 5.41) is 5.41. The Labute approximate surface area is 232 Å². The lowest BCUT2D eigenvalue weighted by molar-refractivity contribution is -0.145. The summed E-state index contributed by atoms with van der Waals surface area (Å²) in [7, 11) is 0. The van der Waals surface area contributed by atoms with E-state index in [4.69, 9.17) is 9.47 Å². The van der Waals surface area contributed by atoms with Crippen LogP contribution in [0.3, 0.4) is 0 Å².